The van der Waals surface area contributed by atoms with E-state index in [1.54, 1.807) is 0 Å². The van der Waals surface area contributed by atoms with E-state index in [1.165, 1.54) is 0 Å². The fourth-order valence-corrected chi connectivity index (χ4v) is 2.18. The van der Waals surface area contributed by atoms with Crippen molar-refractivity contribution in [3.05, 3.63) is 34.6 Å². The SMILES string of the molecule is Cc1nn(C)c(Cn2ccnc2CNC(C)C)c1Cl. The van der Waals surface area contributed by atoms with Crippen molar-refractivity contribution in [2.75, 3.05) is 0 Å². The molecule has 0 aliphatic rings. The minimum atomic E-state index is 0.438. The van der Waals surface area contributed by atoms with Crippen molar-refractivity contribution in [1.82, 2.24) is 24.6 Å². The van der Waals surface area contributed by atoms with Crippen molar-refractivity contribution < 1.29 is 0 Å². The number of hydrogen-bond acceptors (Lipinski definition) is 3. The van der Waals surface area contributed by atoms with Gasteiger partial charge in [-0.25, -0.2) is 4.98 Å². The number of aryl methyl sites for hydroxylation is 2. The average molecular weight is 282 g/mol. The van der Waals surface area contributed by atoms with Gasteiger partial charge >= 0.3 is 0 Å². The highest BCUT2D eigenvalue weighted by Gasteiger charge is 2.13. The molecule has 2 aromatic rings. The fraction of sp³-hybridized carbons (Fsp3) is 0.538. The summed E-state index contributed by atoms with van der Waals surface area (Å²) in [5, 5.41) is 8.44. The lowest BCUT2D eigenvalue weighted by Crippen LogP contribution is -2.24. The van der Waals surface area contributed by atoms with E-state index < -0.39 is 0 Å². The number of nitrogens with one attached hydrogen (secondary N) is 1. The van der Waals surface area contributed by atoms with Crippen LogP contribution < -0.4 is 5.32 Å². The standard InChI is InChI=1S/C13H20ClN5/c1-9(2)16-7-12-15-5-6-19(12)8-11-13(14)10(3)17-18(11)4/h5-6,9,16H,7-8H2,1-4H3. The highest BCUT2D eigenvalue weighted by molar-refractivity contribution is 6.31. The molecule has 104 valence electrons. The first-order chi connectivity index (χ1) is 8.99. The highest BCUT2D eigenvalue weighted by Crippen LogP contribution is 2.20. The summed E-state index contributed by atoms with van der Waals surface area (Å²) in [4.78, 5) is 4.38. The monoisotopic (exact) mass is 281 g/mol. The van der Waals surface area contributed by atoms with E-state index in [4.69, 9.17) is 11.6 Å². The smallest absolute Gasteiger partial charge is 0.123 e. The zero-order chi connectivity index (χ0) is 14.0. The van der Waals surface area contributed by atoms with Gasteiger partial charge in [-0.15, -0.1) is 0 Å². The molecule has 19 heavy (non-hydrogen) atoms. The third-order valence-corrected chi connectivity index (χ3v) is 3.54. The number of aromatic nitrogens is 4. The predicted octanol–water partition coefficient (Wildman–Crippen LogP) is 2.12. The topological polar surface area (TPSA) is 47.7 Å². The van der Waals surface area contributed by atoms with Gasteiger partial charge < -0.3 is 9.88 Å². The minimum Gasteiger partial charge on any atom is -0.328 e. The lowest BCUT2D eigenvalue weighted by Gasteiger charge is -2.11. The number of hydrogen-bond donors (Lipinski definition) is 1. The van der Waals surface area contributed by atoms with Crippen LogP contribution in [0.5, 0.6) is 0 Å². The van der Waals surface area contributed by atoms with Crippen LogP contribution in [-0.2, 0) is 20.1 Å². The third kappa shape index (κ3) is 3.16. The van der Waals surface area contributed by atoms with Crippen molar-refractivity contribution in [3.63, 3.8) is 0 Å². The highest BCUT2D eigenvalue weighted by atomic mass is 35.5. The largest absolute Gasteiger partial charge is 0.328 e. The van der Waals surface area contributed by atoms with Gasteiger partial charge in [-0.2, -0.15) is 5.10 Å². The average Bonchev–Trinajstić information content (AvgIpc) is 2.87. The molecule has 6 heteroatoms. The Bertz CT molecular complexity index is 555. The van der Waals surface area contributed by atoms with E-state index >= 15 is 0 Å². The van der Waals surface area contributed by atoms with E-state index in [9.17, 15) is 0 Å². The molecule has 0 spiro atoms. The molecule has 0 saturated heterocycles. The summed E-state index contributed by atoms with van der Waals surface area (Å²) < 4.78 is 3.93. The predicted molar refractivity (Wildman–Crippen MR) is 76.3 cm³/mol. The van der Waals surface area contributed by atoms with Gasteiger partial charge in [0.15, 0.2) is 0 Å². The molecule has 0 fully saturated rings. The fourth-order valence-electron chi connectivity index (χ4n) is 1.96. The third-order valence-electron chi connectivity index (χ3n) is 3.05. The van der Waals surface area contributed by atoms with Crippen molar-refractivity contribution in [2.24, 2.45) is 7.05 Å². The van der Waals surface area contributed by atoms with Crippen LogP contribution in [0.1, 0.15) is 31.1 Å². The van der Waals surface area contributed by atoms with Crippen molar-refractivity contribution in [3.8, 4) is 0 Å². The lowest BCUT2D eigenvalue weighted by molar-refractivity contribution is 0.549. The lowest BCUT2D eigenvalue weighted by atomic mass is 10.3. The molecule has 0 amide bonds. The molecule has 0 unspecified atom stereocenters. The van der Waals surface area contributed by atoms with Crippen LogP contribution >= 0.6 is 11.6 Å². The molecule has 0 aromatic carbocycles. The molecule has 2 heterocycles. The summed E-state index contributed by atoms with van der Waals surface area (Å²) in [6.45, 7) is 7.59. The Kier molecular flexibility index (Phi) is 4.27. The normalized spacial score (nSPS) is 11.5. The van der Waals surface area contributed by atoms with Crippen LogP contribution in [0.15, 0.2) is 12.4 Å². The second-order valence-electron chi connectivity index (χ2n) is 4.98. The minimum absolute atomic E-state index is 0.438. The number of rotatable bonds is 5. The van der Waals surface area contributed by atoms with Crippen LogP contribution in [0.4, 0.5) is 0 Å². The second kappa shape index (κ2) is 5.75. The molecule has 0 radical (unpaired) electrons. The Balaban J connectivity index is 2.17. The Morgan fingerprint density at radius 2 is 2.16 bits per heavy atom. The zero-order valence-corrected chi connectivity index (χ0v) is 12.6. The molecule has 0 saturated carbocycles. The van der Waals surface area contributed by atoms with Crippen molar-refractivity contribution >= 4 is 11.6 Å². The Hall–Kier alpha value is -1.33. The van der Waals surface area contributed by atoms with Crippen LogP contribution in [0.25, 0.3) is 0 Å². The molecule has 0 aliphatic carbocycles. The summed E-state index contributed by atoms with van der Waals surface area (Å²) in [5.41, 5.74) is 1.86. The summed E-state index contributed by atoms with van der Waals surface area (Å²) in [6.07, 6.45) is 3.78. The first-order valence-electron chi connectivity index (χ1n) is 6.40. The summed E-state index contributed by atoms with van der Waals surface area (Å²) in [5.74, 6) is 1.00. The van der Waals surface area contributed by atoms with E-state index in [0.29, 0.717) is 12.6 Å². The molecular weight excluding hydrogens is 262 g/mol. The second-order valence-corrected chi connectivity index (χ2v) is 5.35. The van der Waals surface area contributed by atoms with E-state index in [0.717, 1.165) is 28.8 Å². The van der Waals surface area contributed by atoms with Gasteiger partial charge in [0.05, 0.1) is 29.5 Å². The van der Waals surface area contributed by atoms with E-state index in [1.807, 2.05) is 31.0 Å². The molecule has 2 rings (SSSR count). The van der Waals surface area contributed by atoms with Crippen LogP contribution in [0.3, 0.4) is 0 Å². The van der Waals surface area contributed by atoms with Crippen LogP contribution in [0, 0.1) is 6.92 Å². The first-order valence-corrected chi connectivity index (χ1v) is 6.78. The van der Waals surface area contributed by atoms with Gasteiger partial charge in [0.25, 0.3) is 0 Å². The maximum Gasteiger partial charge on any atom is 0.123 e. The maximum atomic E-state index is 6.28. The maximum absolute atomic E-state index is 6.28. The first kappa shape index (κ1) is 14.1. The Labute approximate surface area is 118 Å². The van der Waals surface area contributed by atoms with Crippen molar-refractivity contribution in [1.29, 1.82) is 0 Å². The summed E-state index contributed by atoms with van der Waals surface area (Å²) in [7, 11) is 1.91. The molecule has 0 atom stereocenters. The molecule has 2 aromatic heterocycles. The van der Waals surface area contributed by atoms with Crippen LogP contribution in [0.2, 0.25) is 5.02 Å². The van der Waals surface area contributed by atoms with Gasteiger partial charge in [-0.3, -0.25) is 4.68 Å². The van der Waals surface area contributed by atoms with Gasteiger partial charge in [0, 0.05) is 25.5 Å². The van der Waals surface area contributed by atoms with Gasteiger partial charge in [-0.1, -0.05) is 25.4 Å². The van der Waals surface area contributed by atoms with Gasteiger partial charge in [0.1, 0.15) is 5.82 Å². The Morgan fingerprint density at radius 3 is 2.74 bits per heavy atom. The molecule has 5 nitrogen and oxygen atoms in total. The van der Waals surface area contributed by atoms with Crippen LogP contribution in [-0.4, -0.2) is 25.4 Å². The zero-order valence-electron chi connectivity index (χ0n) is 11.8. The molecule has 0 aliphatic heterocycles. The summed E-state index contributed by atoms with van der Waals surface area (Å²) >= 11 is 6.28. The van der Waals surface area contributed by atoms with Gasteiger partial charge in [0.2, 0.25) is 0 Å². The van der Waals surface area contributed by atoms with E-state index in [-0.39, 0.29) is 0 Å². The number of imidazole rings is 1. The molecule has 1 N–H and O–H groups in total. The van der Waals surface area contributed by atoms with Crippen molar-refractivity contribution in [2.45, 2.75) is 39.9 Å². The number of halogens is 1. The quantitative estimate of drug-likeness (QED) is 0.913. The Morgan fingerprint density at radius 1 is 1.42 bits per heavy atom. The summed E-state index contributed by atoms with van der Waals surface area (Å²) in [6, 6.07) is 0.438. The number of nitrogens with zero attached hydrogens (tertiary/aromatic N) is 4. The molecule has 0 bridgehead atoms. The molecular formula is C13H20ClN5. The van der Waals surface area contributed by atoms with E-state index in [2.05, 4.69) is 33.8 Å². The van der Waals surface area contributed by atoms with Gasteiger partial charge in [-0.05, 0) is 6.92 Å².